The summed E-state index contributed by atoms with van der Waals surface area (Å²) in [5, 5.41) is 0.167. The van der Waals surface area contributed by atoms with Crippen LogP contribution in [-0.2, 0) is 11.3 Å². The van der Waals surface area contributed by atoms with Gasteiger partial charge in [0.15, 0.2) is 0 Å². The Hall–Kier alpha value is -2.47. The van der Waals surface area contributed by atoms with Gasteiger partial charge in [-0.1, -0.05) is 12.1 Å². The number of amides is 2. The number of aryl methyl sites for hydroxylation is 1. The standard InChI is InChI=1S/C20H23ClN4O2/c1-12-9-22-19(21)23-17(12)13-6-7-14-10-25(18(27)15(14)8-13)11-16(26)24(5)20(2,3)4/h6-9H,10-11H2,1-5H3. The zero-order valence-corrected chi connectivity index (χ0v) is 17.0. The number of aromatic nitrogens is 2. The van der Waals surface area contributed by atoms with Crippen molar-refractivity contribution in [3.8, 4) is 11.3 Å². The molecule has 0 unspecified atom stereocenters. The van der Waals surface area contributed by atoms with E-state index in [0.29, 0.717) is 17.8 Å². The third-order valence-corrected chi connectivity index (χ3v) is 5.09. The number of likely N-dealkylation sites (N-methyl/N-ethyl adjacent to an activating group) is 1. The lowest BCUT2D eigenvalue weighted by atomic mass is 10.0. The van der Waals surface area contributed by atoms with E-state index >= 15 is 0 Å². The average Bonchev–Trinajstić information content (AvgIpc) is 2.91. The van der Waals surface area contributed by atoms with Gasteiger partial charge in [-0.05, 0) is 56.5 Å². The van der Waals surface area contributed by atoms with Gasteiger partial charge in [-0.2, -0.15) is 0 Å². The average molecular weight is 387 g/mol. The topological polar surface area (TPSA) is 66.4 Å². The maximum Gasteiger partial charge on any atom is 0.254 e. The van der Waals surface area contributed by atoms with Crippen LogP contribution in [0.15, 0.2) is 24.4 Å². The Labute approximate surface area is 164 Å². The minimum Gasteiger partial charge on any atom is -0.339 e. The zero-order valence-electron chi connectivity index (χ0n) is 16.2. The molecular weight excluding hydrogens is 364 g/mol. The molecule has 0 radical (unpaired) electrons. The second-order valence-electron chi connectivity index (χ2n) is 7.83. The number of benzene rings is 1. The van der Waals surface area contributed by atoms with Crippen molar-refractivity contribution in [1.82, 2.24) is 19.8 Å². The molecule has 0 spiro atoms. The Bertz CT molecular complexity index is 921. The first-order valence-corrected chi connectivity index (χ1v) is 9.14. The molecule has 0 fully saturated rings. The van der Waals surface area contributed by atoms with Crippen molar-refractivity contribution >= 4 is 23.4 Å². The van der Waals surface area contributed by atoms with E-state index in [1.165, 1.54) is 0 Å². The highest BCUT2D eigenvalue weighted by molar-refractivity contribution is 6.28. The van der Waals surface area contributed by atoms with E-state index in [1.807, 2.05) is 45.9 Å². The lowest BCUT2D eigenvalue weighted by Gasteiger charge is -2.33. The summed E-state index contributed by atoms with van der Waals surface area (Å²) in [4.78, 5) is 36.8. The second kappa shape index (κ2) is 6.93. The monoisotopic (exact) mass is 386 g/mol. The molecule has 2 aromatic rings. The summed E-state index contributed by atoms with van der Waals surface area (Å²) in [6.45, 7) is 8.29. The molecule has 7 heteroatoms. The van der Waals surface area contributed by atoms with Gasteiger partial charge in [0.1, 0.15) is 6.54 Å². The molecule has 2 amide bonds. The van der Waals surface area contributed by atoms with Crippen molar-refractivity contribution in [2.24, 2.45) is 0 Å². The van der Waals surface area contributed by atoms with Gasteiger partial charge in [0.2, 0.25) is 11.2 Å². The van der Waals surface area contributed by atoms with Crippen molar-refractivity contribution in [3.05, 3.63) is 46.4 Å². The Morgan fingerprint density at radius 1 is 1.33 bits per heavy atom. The molecule has 0 saturated carbocycles. The number of fused-ring (bicyclic) bond motifs is 1. The molecular formula is C20H23ClN4O2. The number of halogens is 1. The van der Waals surface area contributed by atoms with Crippen LogP contribution in [0, 0.1) is 6.92 Å². The molecule has 1 aromatic carbocycles. The Kier molecular flexibility index (Phi) is 4.95. The maximum absolute atomic E-state index is 12.8. The summed E-state index contributed by atoms with van der Waals surface area (Å²) in [6.07, 6.45) is 1.66. The lowest BCUT2D eigenvalue weighted by molar-refractivity contribution is -0.134. The van der Waals surface area contributed by atoms with Gasteiger partial charge < -0.3 is 9.80 Å². The van der Waals surface area contributed by atoms with E-state index in [4.69, 9.17) is 11.6 Å². The van der Waals surface area contributed by atoms with Crippen LogP contribution in [0.25, 0.3) is 11.3 Å². The summed E-state index contributed by atoms with van der Waals surface area (Å²) in [5.74, 6) is -0.220. The molecule has 0 N–H and O–H groups in total. The van der Waals surface area contributed by atoms with Crippen molar-refractivity contribution < 1.29 is 9.59 Å². The van der Waals surface area contributed by atoms with Crippen molar-refractivity contribution in [2.45, 2.75) is 39.8 Å². The van der Waals surface area contributed by atoms with E-state index < -0.39 is 0 Å². The van der Waals surface area contributed by atoms with E-state index in [-0.39, 0.29) is 29.2 Å². The molecule has 1 aliphatic heterocycles. The van der Waals surface area contributed by atoms with Gasteiger partial charge in [0, 0.05) is 36.5 Å². The van der Waals surface area contributed by atoms with Gasteiger partial charge in [0.05, 0.1) is 5.69 Å². The van der Waals surface area contributed by atoms with Gasteiger partial charge in [-0.25, -0.2) is 9.97 Å². The highest BCUT2D eigenvalue weighted by atomic mass is 35.5. The van der Waals surface area contributed by atoms with Crippen molar-refractivity contribution in [3.63, 3.8) is 0 Å². The number of rotatable bonds is 3. The quantitative estimate of drug-likeness (QED) is 0.759. The van der Waals surface area contributed by atoms with Crippen LogP contribution < -0.4 is 0 Å². The Morgan fingerprint density at radius 3 is 2.70 bits per heavy atom. The highest BCUT2D eigenvalue weighted by Gasteiger charge is 2.32. The first-order chi connectivity index (χ1) is 12.6. The summed E-state index contributed by atoms with van der Waals surface area (Å²) in [7, 11) is 1.76. The fraction of sp³-hybridized carbons (Fsp3) is 0.400. The largest absolute Gasteiger partial charge is 0.339 e. The minimum absolute atomic E-state index is 0.0645. The van der Waals surface area contributed by atoms with E-state index in [2.05, 4.69) is 9.97 Å². The fourth-order valence-corrected chi connectivity index (χ4v) is 3.13. The van der Waals surface area contributed by atoms with Gasteiger partial charge >= 0.3 is 0 Å². The molecule has 0 atom stereocenters. The first kappa shape index (κ1) is 19.3. The Balaban J connectivity index is 1.84. The van der Waals surface area contributed by atoms with E-state index in [0.717, 1.165) is 16.7 Å². The van der Waals surface area contributed by atoms with E-state index in [9.17, 15) is 9.59 Å². The number of carbonyl (C=O) groups excluding carboxylic acids is 2. The third-order valence-electron chi connectivity index (χ3n) is 4.91. The predicted octanol–water partition coefficient (Wildman–Crippen LogP) is 3.32. The molecule has 6 nitrogen and oxygen atoms in total. The summed E-state index contributed by atoms with van der Waals surface area (Å²) >= 11 is 5.92. The second-order valence-corrected chi connectivity index (χ2v) is 8.17. The van der Waals surface area contributed by atoms with Crippen LogP contribution in [0.5, 0.6) is 0 Å². The summed E-state index contributed by atoms with van der Waals surface area (Å²) < 4.78 is 0. The number of carbonyl (C=O) groups is 2. The molecule has 27 heavy (non-hydrogen) atoms. The molecule has 1 aliphatic rings. The number of nitrogens with zero attached hydrogens (tertiary/aromatic N) is 4. The highest BCUT2D eigenvalue weighted by Crippen LogP contribution is 2.29. The third kappa shape index (κ3) is 3.81. The summed E-state index contributed by atoms with van der Waals surface area (Å²) in [6, 6.07) is 5.65. The molecule has 2 heterocycles. The van der Waals surface area contributed by atoms with E-state index in [1.54, 1.807) is 23.0 Å². The van der Waals surface area contributed by atoms with Crippen LogP contribution in [0.1, 0.15) is 42.3 Å². The van der Waals surface area contributed by atoms with Crippen LogP contribution in [0.3, 0.4) is 0 Å². The normalized spacial score (nSPS) is 13.7. The van der Waals surface area contributed by atoms with Crippen LogP contribution >= 0.6 is 11.6 Å². The van der Waals surface area contributed by atoms with Gasteiger partial charge in [-0.3, -0.25) is 9.59 Å². The molecule has 0 saturated heterocycles. The molecule has 0 aliphatic carbocycles. The molecule has 1 aromatic heterocycles. The molecule has 3 rings (SSSR count). The minimum atomic E-state index is -0.288. The molecule has 142 valence electrons. The van der Waals surface area contributed by atoms with Crippen LogP contribution in [-0.4, -0.2) is 50.7 Å². The number of hydrogen-bond donors (Lipinski definition) is 0. The van der Waals surface area contributed by atoms with Crippen molar-refractivity contribution in [1.29, 1.82) is 0 Å². The first-order valence-electron chi connectivity index (χ1n) is 8.76. The molecule has 0 bridgehead atoms. The van der Waals surface area contributed by atoms with Crippen molar-refractivity contribution in [2.75, 3.05) is 13.6 Å². The maximum atomic E-state index is 12.8. The number of hydrogen-bond acceptors (Lipinski definition) is 4. The fourth-order valence-electron chi connectivity index (χ4n) is 2.99. The van der Waals surface area contributed by atoms with Crippen LogP contribution in [0.2, 0.25) is 5.28 Å². The SMILES string of the molecule is Cc1cnc(Cl)nc1-c1ccc2c(c1)C(=O)N(CC(=O)N(C)C(C)(C)C)C2. The van der Waals surface area contributed by atoms with Gasteiger partial charge in [0.25, 0.3) is 5.91 Å². The predicted molar refractivity (Wildman–Crippen MR) is 104 cm³/mol. The summed E-state index contributed by atoms with van der Waals surface area (Å²) in [5.41, 5.74) is 3.62. The lowest BCUT2D eigenvalue weighted by Crippen LogP contribution is -2.47. The zero-order chi connectivity index (χ0) is 19.9. The Morgan fingerprint density at radius 2 is 2.04 bits per heavy atom. The smallest absolute Gasteiger partial charge is 0.254 e. The van der Waals surface area contributed by atoms with Crippen LogP contribution in [0.4, 0.5) is 0 Å². The van der Waals surface area contributed by atoms with Gasteiger partial charge in [-0.15, -0.1) is 0 Å².